The highest BCUT2D eigenvalue weighted by molar-refractivity contribution is 5.79. The van der Waals surface area contributed by atoms with Crippen LogP contribution in [-0.2, 0) is 33.2 Å². The molecule has 0 amide bonds. The van der Waals surface area contributed by atoms with Gasteiger partial charge in [0.05, 0.1) is 31.3 Å². The molecule has 3 saturated heterocycles. The van der Waals surface area contributed by atoms with Crippen LogP contribution in [0.1, 0.15) is 113 Å². The second-order valence-electron chi connectivity index (χ2n) is 22.6. The molecule has 0 aromatic heterocycles. The molecule has 8 aliphatic rings. The smallest absolute Gasteiger partial charge is 0.315 e. The normalized spacial score (nSPS) is 53.5. The van der Waals surface area contributed by atoms with E-state index in [1.165, 1.54) is 5.57 Å². The molecule has 62 heavy (non-hydrogen) atoms. The fourth-order valence-corrected chi connectivity index (χ4v) is 14.4. The number of carbonyl (C=O) groups is 1. The molecule has 0 aromatic rings. The third-order valence-corrected chi connectivity index (χ3v) is 18.5. The van der Waals surface area contributed by atoms with E-state index in [1.807, 2.05) is 0 Å². The van der Waals surface area contributed by atoms with Gasteiger partial charge in [-0.05, 0) is 109 Å². The van der Waals surface area contributed by atoms with Crippen molar-refractivity contribution in [1.82, 2.24) is 0 Å². The third-order valence-electron chi connectivity index (χ3n) is 18.5. The fraction of sp³-hybridized carbons (Fsp3) is 0.935. The van der Waals surface area contributed by atoms with Crippen molar-refractivity contribution in [1.29, 1.82) is 0 Å². The van der Waals surface area contributed by atoms with Gasteiger partial charge in [-0.25, -0.2) is 0 Å². The molecule has 0 radical (unpaired) electrons. The highest BCUT2D eigenvalue weighted by Crippen LogP contribution is 2.76. The summed E-state index contributed by atoms with van der Waals surface area (Å²) in [6.45, 7) is 14.8. The van der Waals surface area contributed by atoms with Gasteiger partial charge in [0.2, 0.25) is 6.29 Å². The Balaban J connectivity index is 1.06. The van der Waals surface area contributed by atoms with Crippen LogP contribution in [0.3, 0.4) is 0 Å². The summed E-state index contributed by atoms with van der Waals surface area (Å²) in [6.07, 6.45) is -10.8. The summed E-state index contributed by atoms with van der Waals surface area (Å²) >= 11 is 0. The monoisotopic (exact) mass is 882 g/mol. The quantitative estimate of drug-likeness (QED) is 0.130. The number of hydrogen-bond donors (Lipinski definition) is 9. The Hall–Kier alpha value is -1.35. The molecule has 0 aromatic carbocycles. The Labute approximate surface area is 364 Å². The minimum absolute atomic E-state index is 0.0314. The number of ether oxygens (including phenoxy) is 6. The minimum Gasteiger partial charge on any atom is -0.432 e. The fourth-order valence-electron chi connectivity index (χ4n) is 14.4. The van der Waals surface area contributed by atoms with Crippen molar-refractivity contribution >= 4 is 5.97 Å². The van der Waals surface area contributed by atoms with Crippen LogP contribution in [0.4, 0.5) is 0 Å². The molecular weight excluding hydrogens is 808 g/mol. The molecule has 8 rings (SSSR count). The first-order chi connectivity index (χ1) is 29.0. The zero-order valence-corrected chi connectivity index (χ0v) is 37.5. The molecule has 3 heterocycles. The van der Waals surface area contributed by atoms with Gasteiger partial charge in [-0.3, -0.25) is 4.79 Å². The summed E-state index contributed by atoms with van der Waals surface area (Å²) in [7, 11) is 0. The number of carbonyl (C=O) groups excluding carboxylic acids is 1. The molecule has 5 aliphatic carbocycles. The average Bonchev–Trinajstić information content (AvgIpc) is 3.21. The number of esters is 1. The van der Waals surface area contributed by atoms with Crippen LogP contribution >= 0.6 is 0 Å². The van der Waals surface area contributed by atoms with Crippen molar-refractivity contribution < 1.29 is 79.2 Å². The largest absolute Gasteiger partial charge is 0.432 e. The summed E-state index contributed by atoms with van der Waals surface area (Å²) in [5.41, 5.74) is 0.0446. The summed E-state index contributed by atoms with van der Waals surface area (Å²) in [5, 5.41) is 96.1. The molecular formula is C46H74O16. The van der Waals surface area contributed by atoms with Gasteiger partial charge in [-0.1, -0.05) is 60.1 Å². The van der Waals surface area contributed by atoms with Crippen LogP contribution in [0.15, 0.2) is 11.6 Å². The van der Waals surface area contributed by atoms with Gasteiger partial charge in [0.25, 0.3) is 0 Å². The Morgan fingerprint density at radius 2 is 1.31 bits per heavy atom. The Kier molecular flexibility index (Phi) is 12.5. The first-order valence-electron chi connectivity index (χ1n) is 23.1. The maximum atomic E-state index is 15.1. The molecule has 21 atom stereocenters. The van der Waals surface area contributed by atoms with Gasteiger partial charge < -0.3 is 74.4 Å². The Morgan fingerprint density at radius 3 is 1.97 bits per heavy atom. The number of rotatable bonds is 7. The van der Waals surface area contributed by atoms with E-state index >= 15 is 4.79 Å². The third kappa shape index (κ3) is 7.28. The Morgan fingerprint density at radius 1 is 0.694 bits per heavy atom. The maximum absolute atomic E-state index is 15.1. The molecule has 9 N–H and O–H groups in total. The summed E-state index contributed by atoms with van der Waals surface area (Å²) in [4.78, 5) is 15.1. The summed E-state index contributed by atoms with van der Waals surface area (Å²) < 4.78 is 35.5. The predicted molar refractivity (Wildman–Crippen MR) is 218 cm³/mol. The van der Waals surface area contributed by atoms with E-state index < -0.39 is 105 Å². The van der Waals surface area contributed by atoms with Gasteiger partial charge in [0.1, 0.15) is 54.9 Å². The van der Waals surface area contributed by atoms with Gasteiger partial charge >= 0.3 is 5.97 Å². The van der Waals surface area contributed by atoms with Gasteiger partial charge in [0.15, 0.2) is 18.7 Å². The van der Waals surface area contributed by atoms with Crippen molar-refractivity contribution in [2.45, 2.75) is 199 Å². The summed E-state index contributed by atoms with van der Waals surface area (Å²) in [6, 6.07) is 0. The molecule has 7 fully saturated rings. The van der Waals surface area contributed by atoms with E-state index in [9.17, 15) is 46.0 Å². The van der Waals surface area contributed by atoms with Crippen LogP contribution in [0, 0.1) is 50.2 Å². The van der Waals surface area contributed by atoms with Crippen LogP contribution in [0.2, 0.25) is 0 Å². The summed E-state index contributed by atoms with van der Waals surface area (Å²) in [5.74, 6) is 0.215. The molecule has 0 spiro atoms. The van der Waals surface area contributed by atoms with Crippen molar-refractivity contribution in [2.75, 3.05) is 19.8 Å². The zero-order valence-electron chi connectivity index (χ0n) is 37.5. The lowest BCUT2D eigenvalue weighted by molar-refractivity contribution is -0.377. The highest BCUT2D eigenvalue weighted by atomic mass is 16.8. The van der Waals surface area contributed by atoms with E-state index in [0.717, 1.165) is 51.4 Å². The van der Waals surface area contributed by atoms with E-state index in [2.05, 4.69) is 54.5 Å². The minimum atomic E-state index is -1.86. The highest BCUT2D eigenvalue weighted by Gasteiger charge is 2.70. The molecule has 354 valence electrons. The van der Waals surface area contributed by atoms with Crippen molar-refractivity contribution in [3.8, 4) is 0 Å². The number of aliphatic hydroxyl groups is 9. The molecule has 16 nitrogen and oxygen atoms in total. The molecule has 0 unspecified atom stereocenters. The maximum Gasteiger partial charge on any atom is 0.315 e. The second kappa shape index (κ2) is 16.5. The lowest BCUT2D eigenvalue weighted by Gasteiger charge is -2.71. The number of aliphatic hydroxyl groups excluding tert-OH is 9. The number of fused-ring (bicyclic) bond motifs is 7. The molecule has 16 heteroatoms. The van der Waals surface area contributed by atoms with E-state index in [1.54, 1.807) is 0 Å². The lowest BCUT2D eigenvalue weighted by Crippen LogP contribution is -2.65. The van der Waals surface area contributed by atoms with Gasteiger partial charge in [-0.2, -0.15) is 0 Å². The molecule has 4 saturated carbocycles. The lowest BCUT2D eigenvalue weighted by atomic mass is 9.33. The SMILES string of the molecule is CC1(C)CC[C@@]2(C(=O)O[C@@H]3OC[C@@H](O)[C@H](O)[C@@H]3O[C@@H]3OC[C@@H](O)[C@H](O)[C@@H]3O[C@@H]3O[C@H](CO)[C@H](O)[C@@H](O)[C@H]3O)CC[C@@]3(C)C(=CC[C@@H]4[C@@]5(C)CC[C@@H](O)C(C)(C)[C@@H]5CC[C@@]43C)[C@H]2C1. The van der Waals surface area contributed by atoms with Crippen LogP contribution < -0.4 is 0 Å². The van der Waals surface area contributed by atoms with Crippen LogP contribution in [0.5, 0.6) is 0 Å². The van der Waals surface area contributed by atoms with Crippen molar-refractivity contribution in [3.05, 3.63) is 11.6 Å². The molecule has 3 aliphatic heterocycles. The van der Waals surface area contributed by atoms with E-state index in [-0.39, 0.29) is 45.7 Å². The molecule has 0 bridgehead atoms. The first kappa shape index (κ1) is 47.2. The number of hydrogen-bond acceptors (Lipinski definition) is 16. The predicted octanol–water partition coefficient (Wildman–Crippen LogP) is 1.42. The number of allylic oxidation sites excluding steroid dienone is 2. The van der Waals surface area contributed by atoms with E-state index in [4.69, 9.17) is 28.4 Å². The van der Waals surface area contributed by atoms with Gasteiger partial charge in [-0.15, -0.1) is 0 Å². The standard InChI is InChI=1S/C46H74O16/c1-41(2)14-16-46(17-15-44(6)22(23(46)18-41)8-9-28-43(5)12-11-29(50)42(3,4)27(43)10-13-45(28,44)7)40(56)62-39-36(31(52)25(49)21-58-39)61-38-35(30(51)24(48)20-57-38)60-37-34(55)33(54)32(53)26(19-47)59-37/h8,23-39,47-55H,9-21H2,1-7H3/t23-,24-,25-,26-,27+,28-,29-,30+,31+,32+,33-,34-,35+,36+,37+,38+,39+,43+,44+,45+,46-/m1/s1. The van der Waals surface area contributed by atoms with Crippen LogP contribution in [-0.4, -0.2) is 158 Å². The van der Waals surface area contributed by atoms with Crippen LogP contribution in [0.25, 0.3) is 0 Å². The second-order valence-corrected chi connectivity index (χ2v) is 22.6. The Bertz CT molecular complexity index is 1690. The van der Waals surface area contributed by atoms with Crippen molar-refractivity contribution in [3.63, 3.8) is 0 Å². The average molecular weight is 883 g/mol. The van der Waals surface area contributed by atoms with E-state index in [0.29, 0.717) is 24.7 Å². The van der Waals surface area contributed by atoms with Crippen molar-refractivity contribution in [2.24, 2.45) is 50.2 Å². The first-order valence-corrected chi connectivity index (χ1v) is 23.1. The zero-order chi connectivity index (χ0) is 45.1. The van der Waals surface area contributed by atoms with Gasteiger partial charge in [0, 0.05) is 0 Å². The topological polar surface area (TPSA) is 255 Å².